The molecule has 124 valence electrons. The maximum Gasteiger partial charge on any atom is 0.153 e. The molecule has 2 heterocycles. The van der Waals surface area contributed by atoms with Crippen LogP contribution >= 0.6 is 0 Å². The van der Waals surface area contributed by atoms with Crippen molar-refractivity contribution < 1.29 is 0 Å². The van der Waals surface area contributed by atoms with Gasteiger partial charge in [0, 0.05) is 18.5 Å². The van der Waals surface area contributed by atoms with Crippen LogP contribution in [0.3, 0.4) is 0 Å². The Balaban J connectivity index is 1.42. The minimum atomic E-state index is 0.598. The Morgan fingerprint density at radius 3 is 2.88 bits per heavy atom. The average Bonchev–Trinajstić information content (AvgIpc) is 2.97. The molecule has 24 heavy (non-hydrogen) atoms. The number of nitrogen functional groups attached to an aromatic ring is 1. The number of rotatable bonds is 4. The number of fused-ring (bicyclic) bond motifs is 1. The zero-order valence-corrected chi connectivity index (χ0v) is 13.9. The minimum absolute atomic E-state index is 0.598. The topological polar surface area (TPSA) is 57.9 Å². The van der Waals surface area contributed by atoms with Crippen LogP contribution < -0.4 is 5.73 Å². The third-order valence-corrected chi connectivity index (χ3v) is 5.03. The summed E-state index contributed by atoms with van der Waals surface area (Å²) in [4.78, 5) is 2.59. The van der Waals surface area contributed by atoms with E-state index in [1.54, 1.807) is 0 Å². The van der Waals surface area contributed by atoms with Crippen molar-refractivity contribution in [2.45, 2.75) is 25.8 Å². The largest absolute Gasteiger partial charge is 0.382 e. The van der Waals surface area contributed by atoms with Crippen molar-refractivity contribution in [3.05, 3.63) is 59.7 Å². The van der Waals surface area contributed by atoms with Crippen molar-refractivity contribution in [2.75, 3.05) is 18.8 Å². The van der Waals surface area contributed by atoms with Crippen molar-refractivity contribution >= 4 is 16.7 Å². The molecule has 0 amide bonds. The fourth-order valence-corrected chi connectivity index (χ4v) is 3.84. The molecular weight excluding hydrogens is 296 g/mol. The number of nitrogens with two attached hydrogens (primary N) is 1. The molecule has 3 aromatic rings. The quantitative estimate of drug-likeness (QED) is 0.772. The Morgan fingerprint density at radius 2 is 2.00 bits per heavy atom. The Labute approximate surface area is 142 Å². The van der Waals surface area contributed by atoms with Gasteiger partial charge in [-0.2, -0.15) is 5.10 Å². The van der Waals surface area contributed by atoms with Gasteiger partial charge in [-0.3, -0.25) is 10.00 Å². The lowest BCUT2D eigenvalue weighted by atomic mass is 9.90. The van der Waals surface area contributed by atoms with Crippen LogP contribution in [0.25, 0.3) is 10.9 Å². The minimum Gasteiger partial charge on any atom is -0.382 e. The highest BCUT2D eigenvalue weighted by molar-refractivity contribution is 5.88. The number of hydrogen-bond donors (Lipinski definition) is 2. The first-order valence-corrected chi connectivity index (χ1v) is 8.77. The van der Waals surface area contributed by atoms with Gasteiger partial charge < -0.3 is 5.73 Å². The SMILES string of the molecule is Nc1n[nH]c2ccc(CC3CCCN(Cc4ccccc4)C3)cc12. The molecule has 0 bridgehead atoms. The van der Waals surface area contributed by atoms with E-state index in [1.165, 1.54) is 37.1 Å². The highest BCUT2D eigenvalue weighted by Gasteiger charge is 2.20. The van der Waals surface area contributed by atoms with Crippen LogP contribution in [0.4, 0.5) is 5.82 Å². The van der Waals surface area contributed by atoms with Gasteiger partial charge in [0.25, 0.3) is 0 Å². The van der Waals surface area contributed by atoms with Crippen molar-refractivity contribution in [1.82, 2.24) is 15.1 Å². The number of piperidine rings is 1. The number of aromatic amines is 1. The molecule has 1 aromatic heterocycles. The van der Waals surface area contributed by atoms with Gasteiger partial charge in [0.2, 0.25) is 0 Å². The summed E-state index contributed by atoms with van der Waals surface area (Å²) in [6.45, 7) is 3.44. The van der Waals surface area contributed by atoms with Crippen LogP contribution in [0.2, 0.25) is 0 Å². The number of hydrogen-bond acceptors (Lipinski definition) is 3. The smallest absolute Gasteiger partial charge is 0.153 e. The molecule has 0 aliphatic carbocycles. The van der Waals surface area contributed by atoms with E-state index < -0.39 is 0 Å². The maximum atomic E-state index is 5.94. The molecule has 0 spiro atoms. The number of H-pyrrole nitrogens is 1. The summed E-state index contributed by atoms with van der Waals surface area (Å²) >= 11 is 0. The molecule has 1 aliphatic heterocycles. The monoisotopic (exact) mass is 320 g/mol. The summed E-state index contributed by atoms with van der Waals surface area (Å²) in [5.41, 5.74) is 9.73. The zero-order valence-electron chi connectivity index (χ0n) is 13.9. The molecule has 1 atom stereocenters. The van der Waals surface area contributed by atoms with E-state index in [0.29, 0.717) is 11.7 Å². The van der Waals surface area contributed by atoms with Gasteiger partial charge in [0.05, 0.1) is 5.52 Å². The Hall–Kier alpha value is -2.33. The van der Waals surface area contributed by atoms with Crippen LogP contribution in [0.1, 0.15) is 24.0 Å². The number of benzene rings is 2. The lowest BCUT2D eigenvalue weighted by Gasteiger charge is -2.33. The summed E-state index contributed by atoms with van der Waals surface area (Å²) in [5, 5.41) is 8.10. The van der Waals surface area contributed by atoms with Crippen molar-refractivity contribution in [2.24, 2.45) is 5.92 Å². The van der Waals surface area contributed by atoms with Crippen molar-refractivity contribution in [1.29, 1.82) is 0 Å². The summed E-state index contributed by atoms with van der Waals surface area (Å²) < 4.78 is 0. The standard InChI is InChI=1S/C20H24N4/c21-20-18-12-16(8-9-19(18)22-23-20)11-17-7-4-10-24(14-17)13-15-5-2-1-3-6-15/h1-3,5-6,8-9,12,17H,4,7,10-11,13-14H2,(H3,21,22,23). The van der Waals surface area contributed by atoms with Gasteiger partial charge in [-0.05, 0) is 55.0 Å². The number of nitrogens with zero attached hydrogens (tertiary/aromatic N) is 2. The second-order valence-electron chi connectivity index (χ2n) is 6.92. The second-order valence-corrected chi connectivity index (χ2v) is 6.92. The summed E-state index contributed by atoms with van der Waals surface area (Å²) in [6, 6.07) is 17.3. The predicted octanol–water partition coefficient (Wildman–Crippen LogP) is 3.60. The highest BCUT2D eigenvalue weighted by Crippen LogP contribution is 2.25. The number of nitrogens with one attached hydrogen (secondary N) is 1. The fourth-order valence-electron chi connectivity index (χ4n) is 3.84. The van der Waals surface area contributed by atoms with E-state index in [9.17, 15) is 0 Å². The van der Waals surface area contributed by atoms with E-state index in [0.717, 1.165) is 23.9 Å². The number of anilines is 1. The Kier molecular flexibility index (Phi) is 4.22. The third-order valence-electron chi connectivity index (χ3n) is 5.03. The summed E-state index contributed by atoms with van der Waals surface area (Å²) in [6.07, 6.45) is 3.71. The first-order valence-electron chi connectivity index (χ1n) is 8.77. The van der Waals surface area contributed by atoms with Gasteiger partial charge >= 0.3 is 0 Å². The molecule has 0 radical (unpaired) electrons. The zero-order chi connectivity index (χ0) is 16.4. The predicted molar refractivity (Wildman–Crippen MR) is 98.7 cm³/mol. The molecule has 2 aromatic carbocycles. The summed E-state index contributed by atoms with van der Waals surface area (Å²) in [5.74, 6) is 1.31. The molecule has 0 saturated carbocycles. The van der Waals surface area contributed by atoms with Gasteiger partial charge in [0.15, 0.2) is 5.82 Å². The van der Waals surface area contributed by atoms with Gasteiger partial charge in [-0.15, -0.1) is 0 Å². The molecule has 4 heteroatoms. The van der Waals surface area contributed by atoms with Crippen molar-refractivity contribution in [3.8, 4) is 0 Å². The Morgan fingerprint density at radius 1 is 1.12 bits per heavy atom. The van der Waals surface area contributed by atoms with Gasteiger partial charge in [-0.25, -0.2) is 0 Å². The second kappa shape index (κ2) is 6.65. The molecule has 4 rings (SSSR count). The highest BCUT2D eigenvalue weighted by atomic mass is 15.1. The fraction of sp³-hybridized carbons (Fsp3) is 0.350. The van der Waals surface area contributed by atoms with Gasteiger partial charge in [0.1, 0.15) is 0 Å². The first-order chi connectivity index (χ1) is 11.8. The average molecular weight is 320 g/mol. The van der Waals surface area contributed by atoms with Crippen LogP contribution in [-0.2, 0) is 13.0 Å². The van der Waals surface area contributed by atoms with Crippen molar-refractivity contribution in [3.63, 3.8) is 0 Å². The molecule has 1 saturated heterocycles. The lowest BCUT2D eigenvalue weighted by molar-refractivity contribution is 0.167. The molecule has 1 aliphatic rings. The summed E-state index contributed by atoms with van der Waals surface area (Å²) in [7, 11) is 0. The van der Waals surface area contributed by atoms with Crippen LogP contribution in [0.15, 0.2) is 48.5 Å². The molecule has 3 N–H and O–H groups in total. The van der Waals surface area contributed by atoms with E-state index in [2.05, 4.69) is 63.6 Å². The first kappa shape index (κ1) is 15.2. The Bertz CT molecular complexity index is 809. The number of aromatic nitrogens is 2. The van der Waals surface area contributed by atoms with Gasteiger partial charge in [-0.1, -0.05) is 36.4 Å². The normalized spacial score (nSPS) is 18.9. The molecular formula is C20H24N4. The van der Waals surface area contributed by atoms with Crippen LogP contribution in [0.5, 0.6) is 0 Å². The molecule has 1 unspecified atom stereocenters. The van der Waals surface area contributed by atoms with E-state index in [-0.39, 0.29) is 0 Å². The number of likely N-dealkylation sites (tertiary alicyclic amines) is 1. The van der Waals surface area contributed by atoms with E-state index in [4.69, 9.17) is 5.73 Å². The third kappa shape index (κ3) is 3.29. The molecule has 4 nitrogen and oxygen atoms in total. The lowest BCUT2D eigenvalue weighted by Crippen LogP contribution is -2.35. The van der Waals surface area contributed by atoms with Crippen LogP contribution in [0, 0.1) is 5.92 Å². The maximum absolute atomic E-state index is 5.94. The van der Waals surface area contributed by atoms with Crippen LogP contribution in [-0.4, -0.2) is 28.2 Å². The van der Waals surface area contributed by atoms with E-state index >= 15 is 0 Å². The molecule has 1 fully saturated rings. The van der Waals surface area contributed by atoms with E-state index in [1.807, 2.05) is 0 Å².